The van der Waals surface area contributed by atoms with Crippen LogP contribution in [0, 0.1) is 5.92 Å². The van der Waals surface area contributed by atoms with Crippen molar-refractivity contribution in [3.8, 4) is 11.5 Å². The Labute approximate surface area is 153 Å². The van der Waals surface area contributed by atoms with Crippen molar-refractivity contribution in [3.05, 3.63) is 59.2 Å². The van der Waals surface area contributed by atoms with Crippen LogP contribution >= 0.6 is 0 Å². The van der Waals surface area contributed by atoms with E-state index in [0.717, 1.165) is 29.0 Å². The van der Waals surface area contributed by atoms with Gasteiger partial charge in [0.1, 0.15) is 7.85 Å². The lowest BCUT2D eigenvalue weighted by molar-refractivity contribution is 0.101. The molecule has 0 bridgehead atoms. The van der Waals surface area contributed by atoms with E-state index in [2.05, 4.69) is 17.5 Å². The molecule has 0 spiro atoms. The number of carbonyl (C=O) groups excluding carboxylic acids is 1. The second-order valence-corrected chi connectivity index (χ2v) is 7.17. The van der Waals surface area contributed by atoms with Crippen molar-refractivity contribution in [3.63, 3.8) is 0 Å². The first-order valence-electron chi connectivity index (χ1n) is 8.89. The fraction of sp³-hybridized carbons (Fsp3) is 0.286. The Morgan fingerprint density at radius 1 is 1.15 bits per heavy atom. The number of carbonyl (C=O) groups is 1. The van der Waals surface area contributed by atoms with Gasteiger partial charge in [0.25, 0.3) is 0 Å². The molecule has 0 saturated carbocycles. The summed E-state index contributed by atoms with van der Waals surface area (Å²) in [7, 11) is 6.35. The highest BCUT2D eigenvalue weighted by Crippen LogP contribution is 2.50. The Hall–Kier alpha value is -2.69. The molecule has 0 saturated heterocycles. The Kier molecular flexibility index (Phi) is 3.39. The smallest absolute Gasteiger partial charge is 0.231 e. The molecule has 3 atom stereocenters. The molecule has 0 aromatic heterocycles. The molecule has 0 amide bonds. The van der Waals surface area contributed by atoms with Crippen molar-refractivity contribution in [1.82, 2.24) is 0 Å². The second kappa shape index (κ2) is 5.66. The number of rotatable bonds is 2. The average molecular weight is 343 g/mol. The molecule has 3 aliphatic rings. The van der Waals surface area contributed by atoms with Crippen LogP contribution in [0.1, 0.15) is 46.8 Å². The van der Waals surface area contributed by atoms with E-state index in [0.29, 0.717) is 17.1 Å². The first kappa shape index (κ1) is 15.6. The molecule has 2 aromatic carbocycles. The van der Waals surface area contributed by atoms with E-state index in [-0.39, 0.29) is 24.5 Å². The summed E-state index contributed by atoms with van der Waals surface area (Å²) in [5.41, 5.74) is 4.75. The van der Waals surface area contributed by atoms with Crippen molar-refractivity contribution in [2.24, 2.45) is 5.92 Å². The summed E-state index contributed by atoms with van der Waals surface area (Å²) in [4.78, 5) is 11.8. The third kappa shape index (κ3) is 2.27. The average Bonchev–Trinajstić information content (AvgIpc) is 3.29. The van der Waals surface area contributed by atoms with Crippen molar-refractivity contribution in [2.75, 3.05) is 12.1 Å². The number of hydrogen-bond donors (Lipinski definition) is 1. The summed E-state index contributed by atoms with van der Waals surface area (Å²) in [6.07, 6.45) is 5.45. The van der Waals surface area contributed by atoms with Gasteiger partial charge in [0.15, 0.2) is 17.3 Å². The van der Waals surface area contributed by atoms with Crippen molar-refractivity contribution < 1.29 is 14.3 Å². The zero-order chi connectivity index (χ0) is 17.8. The first-order valence-corrected chi connectivity index (χ1v) is 8.89. The number of ketones is 1. The largest absolute Gasteiger partial charge is 0.454 e. The standard InChI is InChI=1S/C21H18BNO3/c1-11(24)12-5-6-18-15(7-12)13-3-2-4-14(13)21(23-18)16-8-19-20(9-17(16)22)26-10-25-19/h2-3,5-9,13-14,21,23H,4,10H2,1H3/t13-,14+,21?/m1/s1. The van der Waals surface area contributed by atoms with Crippen molar-refractivity contribution in [1.29, 1.82) is 0 Å². The number of Topliss-reactive ketones (excluding diaryl/α,β-unsaturated/α-hetero) is 1. The second-order valence-electron chi connectivity index (χ2n) is 7.17. The van der Waals surface area contributed by atoms with Gasteiger partial charge in [-0.05, 0) is 60.7 Å². The molecular weight excluding hydrogens is 325 g/mol. The van der Waals surface area contributed by atoms with Gasteiger partial charge >= 0.3 is 0 Å². The van der Waals surface area contributed by atoms with Crippen molar-refractivity contribution in [2.45, 2.75) is 25.3 Å². The topological polar surface area (TPSA) is 47.6 Å². The quantitative estimate of drug-likeness (QED) is 0.517. The van der Waals surface area contributed by atoms with Crippen LogP contribution in [0.4, 0.5) is 5.69 Å². The Bertz CT molecular complexity index is 953. The zero-order valence-electron chi connectivity index (χ0n) is 14.5. The van der Waals surface area contributed by atoms with Gasteiger partial charge in [0, 0.05) is 17.2 Å². The normalized spacial score (nSPS) is 24.7. The lowest BCUT2D eigenvalue weighted by Gasteiger charge is -2.38. The number of fused-ring (bicyclic) bond motifs is 4. The number of benzene rings is 2. The summed E-state index contributed by atoms with van der Waals surface area (Å²) in [5.74, 6) is 2.17. The summed E-state index contributed by atoms with van der Waals surface area (Å²) < 4.78 is 11.0. The van der Waals surface area contributed by atoms with E-state index >= 15 is 0 Å². The van der Waals surface area contributed by atoms with Crippen LogP contribution in [0.15, 0.2) is 42.5 Å². The fourth-order valence-electron chi connectivity index (χ4n) is 4.36. The summed E-state index contributed by atoms with van der Waals surface area (Å²) in [6, 6.07) is 9.85. The van der Waals surface area contributed by atoms with Gasteiger partial charge in [-0.1, -0.05) is 17.6 Å². The Morgan fingerprint density at radius 3 is 2.77 bits per heavy atom. The van der Waals surface area contributed by atoms with Gasteiger partial charge in [-0.15, -0.1) is 0 Å². The number of ether oxygens (including phenoxy) is 2. The predicted octanol–water partition coefficient (Wildman–Crippen LogP) is 3.24. The summed E-state index contributed by atoms with van der Waals surface area (Å²) >= 11 is 0. The van der Waals surface area contributed by atoms with Gasteiger partial charge in [-0.25, -0.2) is 0 Å². The number of nitrogens with one attached hydrogen (secondary N) is 1. The molecule has 2 aromatic rings. The molecule has 2 radical (unpaired) electrons. The van der Waals surface area contributed by atoms with Crippen LogP contribution in [0.3, 0.4) is 0 Å². The minimum absolute atomic E-state index is 0.0835. The SMILES string of the molecule is [B]c1cc2c(cc1C1Nc3ccc(C(C)=O)cc3[C@@H]3C=CC[C@H]13)OCO2. The molecule has 0 fully saturated rings. The molecule has 1 aliphatic carbocycles. The van der Waals surface area contributed by atoms with Gasteiger partial charge in [0.2, 0.25) is 6.79 Å². The Morgan fingerprint density at radius 2 is 1.96 bits per heavy atom. The zero-order valence-corrected chi connectivity index (χ0v) is 14.5. The fourth-order valence-corrected chi connectivity index (χ4v) is 4.36. The van der Waals surface area contributed by atoms with Gasteiger partial charge in [-0.2, -0.15) is 0 Å². The molecule has 128 valence electrons. The summed E-state index contributed by atoms with van der Waals surface area (Å²) in [5, 5.41) is 3.66. The summed E-state index contributed by atoms with van der Waals surface area (Å²) in [6.45, 7) is 1.84. The minimum atomic E-state index is 0.0835. The van der Waals surface area contributed by atoms with Crippen LogP contribution in [0.2, 0.25) is 0 Å². The highest BCUT2D eigenvalue weighted by Gasteiger charge is 2.39. The van der Waals surface area contributed by atoms with E-state index in [1.54, 1.807) is 6.92 Å². The predicted molar refractivity (Wildman–Crippen MR) is 101 cm³/mol. The number of hydrogen-bond acceptors (Lipinski definition) is 4. The van der Waals surface area contributed by atoms with Crippen LogP contribution < -0.4 is 20.3 Å². The maximum Gasteiger partial charge on any atom is 0.231 e. The third-order valence-corrected chi connectivity index (χ3v) is 5.68. The molecule has 2 aliphatic heterocycles. The van der Waals surface area contributed by atoms with Crippen LogP contribution in [0.5, 0.6) is 11.5 Å². The minimum Gasteiger partial charge on any atom is -0.454 e. The monoisotopic (exact) mass is 343 g/mol. The third-order valence-electron chi connectivity index (χ3n) is 5.68. The highest BCUT2D eigenvalue weighted by molar-refractivity contribution is 6.33. The van der Waals surface area contributed by atoms with Crippen molar-refractivity contribution >= 4 is 24.8 Å². The first-order chi connectivity index (χ1) is 12.6. The maximum absolute atomic E-state index is 11.8. The van der Waals surface area contributed by atoms with E-state index in [1.165, 1.54) is 5.56 Å². The molecule has 5 heteroatoms. The van der Waals surface area contributed by atoms with Crippen LogP contribution in [-0.4, -0.2) is 20.4 Å². The molecule has 2 heterocycles. The van der Waals surface area contributed by atoms with Crippen LogP contribution in [0.25, 0.3) is 0 Å². The Balaban J connectivity index is 1.59. The van der Waals surface area contributed by atoms with Gasteiger partial charge in [-0.3, -0.25) is 4.79 Å². The van der Waals surface area contributed by atoms with Crippen LogP contribution in [-0.2, 0) is 0 Å². The molecular formula is C21H18BNO3. The molecule has 1 unspecified atom stereocenters. The molecule has 1 N–H and O–H groups in total. The molecule has 26 heavy (non-hydrogen) atoms. The lowest BCUT2D eigenvalue weighted by Crippen LogP contribution is -2.32. The van der Waals surface area contributed by atoms with E-state index in [4.69, 9.17) is 17.3 Å². The van der Waals surface area contributed by atoms with E-state index < -0.39 is 0 Å². The van der Waals surface area contributed by atoms with E-state index in [9.17, 15) is 4.79 Å². The molecule has 4 nitrogen and oxygen atoms in total. The number of anilines is 1. The van der Waals surface area contributed by atoms with Gasteiger partial charge in [0.05, 0.1) is 6.04 Å². The van der Waals surface area contributed by atoms with Gasteiger partial charge < -0.3 is 14.8 Å². The number of allylic oxidation sites excluding steroid dienone is 2. The lowest BCUT2D eigenvalue weighted by atomic mass is 9.73. The van der Waals surface area contributed by atoms with E-state index in [1.807, 2.05) is 30.3 Å². The highest BCUT2D eigenvalue weighted by atomic mass is 16.7. The molecule has 5 rings (SSSR count). The maximum atomic E-state index is 11.8.